The summed E-state index contributed by atoms with van der Waals surface area (Å²) in [5.74, 6) is -3.76. The fourth-order valence-electron chi connectivity index (χ4n) is 1.85. The molecule has 12 nitrogen and oxygen atoms in total. The second kappa shape index (κ2) is 15.5. The molecule has 0 aromatic carbocycles. The average Bonchev–Trinajstić information content (AvgIpc) is 2.71. The Morgan fingerprint density at radius 3 is 1.79 bits per heavy atom. The molecule has 0 rings (SSSR count). The van der Waals surface area contributed by atoms with Gasteiger partial charge in [0.05, 0.1) is 12.7 Å². The summed E-state index contributed by atoms with van der Waals surface area (Å²) in [6, 6.07) is 0. The summed E-state index contributed by atoms with van der Waals surface area (Å²) in [5.41, 5.74) is -0.343. The van der Waals surface area contributed by atoms with Crippen molar-refractivity contribution in [1.29, 1.82) is 0 Å². The molecule has 0 aromatic rings. The fraction of sp³-hybridized carbons (Fsp3) is 0.476. The number of methoxy groups -OCH3 is 1. The van der Waals surface area contributed by atoms with Crippen LogP contribution in [0.1, 0.15) is 34.1 Å². The molecule has 1 unspecified atom stereocenters. The van der Waals surface area contributed by atoms with Crippen LogP contribution in [0.15, 0.2) is 36.5 Å². The highest BCUT2D eigenvalue weighted by Gasteiger charge is 2.30. The normalized spacial score (nSPS) is 11.1. The van der Waals surface area contributed by atoms with Crippen LogP contribution in [0.5, 0.6) is 0 Å². The molecule has 0 heterocycles. The smallest absolute Gasteiger partial charge is 0.338 e. The van der Waals surface area contributed by atoms with Crippen LogP contribution in [0.4, 0.5) is 0 Å². The van der Waals surface area contributed by atoms with E-state index in [1.807, 2.05) is 0 Å². The largest absolute Gasteiger partial charge is 0.465 e. The van der Waals surface area contributed by atoms with Gasteiger partial charge in [-0.15, -0.1) is 0 Å². The molecule has 0 bridgehead atoms. The maximum atomic E-state index is 11.7. The number of carbonyl (C=O) groups excluding carboxylic acids is 5. The summed E-state index contributed by atoms with van der Waals surface area (Å²) < 4.78 is 44.8. The highest BCUT2D eigenvalue weighted by molar-refractivity contribution is 7.86. The fourth-order valence-corrected chi connectivity index (χ4v) is 2.80. The van der Waals surface area contributed by atoms with Crippen LogP contribution >= 0.6 is 0 Å². The van der Waals surface area contributed by atoms with Crippen molar-refractivity contribution in [3.8, 4) is 0 Å². The summed E-state index contributed by atoms with van der Waals surface area (Å²) in [4.78, 5) is 55.0. The number of ketones is 1. The molecule has 0 aromatic heterocycles. The predicted octanol–water partition coefficient (Wildman–Crippen LogP) is 0.886. The number of amides is 1. The lowest BCUT2D eigenvalue weighted by atomic mass is 10.1. The van der Waals surface area contributed by atoms with Crippen LogP contribution in [-0.2, 0) is 48.3 Å². The number of ether oxygens (including phenoxy) is 3. The molecule has 0 aliphatic rings. The van der Waals surface area contributed by atoms with E-state index in [-0.39, 0.29) is 42.1 Å². The van der Waals surface area contributed by atoms with E-state index in [0.29, 0.717) is 0 Å². The molecule has 34 heavy (non-hydrogen) atoms. The van der Waals surface area contributed by atoms with Gasteiger partial charge in [-0.1, -0.05) is 33.6 Å². The zero-order chi connectivity index (χ0) is 27.2. The van der Waals surface area contributed by atoms with Crippen molar-refractivity contribution >= 4 is 39.7 Å². The summed E-state index contributed by atoms with van der Waals surface area (Å²) >= 11 is 0. The lowest BCUT2D eigenvalue weighted by Crippen LogP contribution is -2.44. The zero-order valence-electron chi connectivity index (χ0n) is 19.8. The third kappa shape index (κ3) is 14.0. The van der Waals surface area contributed by atoms with E-state index in [1.165, 1.54) is 27.7 Å². The minimum absolute atomic E-state index is 0.0324. The summed E-state index contributed by atoms with van der Waals surface area (Å²) in [6.45, 7) is 15.7. The topological polar surface area (TPSA) is 179 Å². The second-order valence-corrected chi connectivity index (χ2v) is 8.66. The van der Waals surface area contributed by atoms with Gasteiger partial charge in [-0.3, -0.25) is 18.9 Å². The van der Waals surface area contributed by atoms with Crippen molar-refractivity contribution in [3.05, 3.63) is 36.5 Å². The zero-order valence-corrected chi connectivity index (χ0v) is 20.7. The summed E-state index contributed by atoms with van der Waals surface area (Å²) in [7, 11) is -3.36. The Bertz CT molecular complexity index is 932. The van der Waals surface area contributed by atoms with Gasteiger partial charge in [0.25, 0.3) is 16.0 Å². The maximum Gasteiger partial charge on any atom is 0.338 e. The van der Waals surface area contributed by atoms with E-state index >= 15 is 0 Å². The lowest BCUT2D eigenvalue weighted by Gasteiger charge is -2.19. The summed E-state index contributed by atoms with van der Waals surface area (Å²) in [5, 5.41) is 0.573. The summed E-state index contributed by atoms with van der Waals surface area (Å²) in [6.07, 6.45) is -0.256. The number of Topliss-reactive ketones (excluding diaryl/α,β-unsaturated/α-hetero) is 1. The number of nitrogens with one attached hydrogen (secondary N) is 1. The van der Waals surface area contributed by atoms with Gasteiger partial charge in [0.1, 0.15) is 25.4 Å². The highest BCUT2D eigenvalue weighted by Crippen LogP contribution is 2.12. The minimum atomic E-state index is -4.46. The Morgan fingerprint density at radius 2 is 1.41 bits per heavy atom. The third-order valence-corrected chi connectivity index (χ3v) is 4.90. The first-order chi connectivity index (χ1) is 15.4. The standard InChI is InChI=1S/C11H17NO6S.C10H14O5/c1-6(2)10(19(15,16)17)12-9(13)7(3)8(4)11(14)18-5;1-7(2)10(13)15-5-4-14-9(12)6-8(3)11/h6,10H,3-4H2,1-2,5H3,(H,12,13)(H,15,16,17);1,4-6H2,2-3H3. The van der Waals surface area contributed by atoms with E-state index in [4.69, 9.17) is 4.55 Å². The minimum Gasteiger partial charge on any atom is -0.465 e. The maximum absolute atomic E-state index is 11.7. The number of hydrogen-bond donors (Lipinski definition) is 2. The number of esters is 3. The third-order valence-electron chi connectivity index (χ3n) is 3.59. The van der Waals surface area contributed by atoms with E-state index in [1.54, 1.807) is 0 Å². The first-order valence-electron chi connectivity index (χ1n) is 9.66. The van der Waals surface area contributed by atoms with Crippen LogP contribution in [0, 0.1) is 5.92 Å². The van der Waals surface area contributed by atoms with Gasteiger partial charge in [0.2, 0.25) is 0 Å². The van der Waals surface area contributed by atoms with Gasteiger partial charge in [-0.05, 0) is 19.8 Å². The highest BCUT2D eigenvalue weighted by atomic mass is 32.2. The van der Waals surface area contributed by atoms with Gasteiger partial charge in [0.15, 0.2) is 5.37 Å². The lowest BCUT2D eigenvalue weighted by molar-refractivity contribution is -0.151. The molecule has 0 aliphatic heterocycles. The van der Waals surface area contributed by atoms with Crippen molar-refractivity contribution < 1.29 is 51.2 Å². The van der Waals surface area contributed by atoms with Gasteiger partial charge in [-0.2, -0.15) is 8.42 Å². The number of hydrogen-bond acceptors (Lipinski definition) is 10. The quantitative estimate of drug-likeness (QED) is 0.0731. The van der Waals surface area contributed by atoms with Gasteiger partial charge < -0.3 is 19.5 Å². The van der Waals surface area contributed by atoms with Crippen molar-refractivity contribution in [2.45, 2.75) is 39.5 Å². The first kappa shape index (κ1) is 32.9. The Kier molecular flexibility index (Phi) is 15.0. The van der Waals surface area contributed by atoms with Crippen LogP contribution in [0.25, 0.3) is 0 Å². The van der Waals surface area contributed by atoms with E-state index in [0.717, 1.165) is 7.11 Å². The molecule has 1 amide bonds. The Morgan fingerprint density at radius 1 is 0.912 bits per heavy atom. The number of rotatable bonds is 12. The molecule has 0 saturated heterocycles. The molecule has 2 N–H and O–H groups in total. The second-order valence-electron chi connectivity index (χ2n) is 7.12. The average molecular weight is 506 g/mol. The molecule has 0 radical (unpaired) electrons. The van der Waals surface area contributed by atoms with E-state index in [9.17, 15) is 32.4 Å². The molecule has 1 atom stereocenters. The molecule has 0 spiro atoms. The Hall–Kier alpha value is -3.32. The molecule has 13 heteroatoms. The first-order valence-corrected chi connectivity index (χ1v) is 11.2. The van der Waals surface area contributed by atoms with Crippen molar-refractivity contribution in [2.24, 2.45) is 5.92 Å². The molecule has 0 aliphatic carbocycles. The molecule has 0 saturated carbocycles. The molecular weight excluding hydrogens is 474 g/mol. The van der Waals surface area contributed by atoms with Crippen molar-refractivity contribution in [1.82, 2.24) is 5.32 Å². The predicted molar refractivity (Wildman–Crippen MR) is 121 cm³/mol. The van der Waals surface area contributed by atoms with E-state index in [2.05, 4.69) is 39.3 Å². The molecular formula is C21H31NO11S. The van der Waals surface area contributed by atoms with Crippen molar-refractivity contribution in [2.75, 3.05) is 20.3 Å². The Balaban J connectivity index is 0. The van der Waals surface area contributed by atoms with Crippen LogP contribution in [0.2, 0.25) is 0 Å². The van der Waals surface area contributed by atoms with Crippen molar-refractivity contribution in [3.63, 3.8) is 0 Å². The van der Waals surface area contributed by atoms with Gasteiger partial charge >= 0.3 is 17.9 Å². The number of carbonyl (C=O) groups is 5. The monoisotopic (exact) mass is 505 g/mol. The van der Waals surface area contributed by atoms with Crippen LogP contribution < -0.4 is 5.32 Å². The van der Waals surface area contributed by atoms with Gasteiger partial charge in [0, 0.05) is 11.1 Å². The van der Waals surface area contributed by atoms with Gasteiger partial charge in [-0.25, -0.2) is 9.59 Å². The SMILES string of the molecule is C=C(C(=C)C(=O)OC)C(=O)NC(C(C)C)S(=O)(=O)O.C=C(C)C(=O)OCCOC(=O)CC(C)=O. The van der Waals surface area contributed by atoms with Crippen LogP contribution in [0.3, 0.4) is 0 Å². The van der Waals surface area contributed by atoms with E-state index < -0.39 is 45.2 Å². The molecule has 0 fully saturated rings. The van der Waals surface area contributed by atoms with Crippen LogP contribution in [-0.4, -0.2) is 68.3 Å². The molecule has 192 valence electrons. The Labute approximate surface area is 198 Å².